The van der Waals surface area contributed by atoms with Gasteiger partial charge in [-0.3, -0.25) is 0 Å². The molecule has 0 amide bonds. The minimum absolute atomic E-state index is 0.729. The van der Waals surface area contributed by atoms with Gasteiger partial charge in [-0.25, -0.2) is 4.98 Å². The molecule has 2 heteroatoms. The van der Waals surface area contributed by atoms with E-state index in [9.17, 15) is 0 Å². The molecule has 0 aliphatic heterocycles. The van der Waals surface area contributed by atoms with Crippen molar-refractivity contribution < 1.29 is 0 Å². The van der Waals surface area contributed by atoms with Crippen molar-refractivity contribution in [2.24, 2.45) is 13.0 Å². The Morgan fingerprint density at radius 1 is 1.46 bits per heavy atom. The first kappa shape index (κ1) is 8.54. The van der Waals surface area contributed by atoms with Gasteiger partial charge in [0.2, 0.25) is 0 Å². The number of fused-ring (bicyclic) bond motifs is 1. The van der Waals surface area contributed by atoms with E-state index < -0.39 is 0 Å². The maximum absolute atomic E-state index is 4.42. The summed E-state index contributed by atoms with van der Waals surface area (Å²) in [6.45, 7) is 4.50. The molecule has 1 unspecified atom stereocenters. The van der Waals surface area contributed by atoms with Crippen LogP contribution in [0, 0.1) is 5.92 Å². The van der Waals surface area contributed by atoms with Crippen LogP contribution in [0.2, 0.25) is 0 Å². The third kappa shape index (κ3) is 1.53. The number of imidazole rings is 1. The van der Waals surface area contributed by atoms with E-state index in [0.717, 1.165) is 12.3 Å². The van der Waals surface area contributed by atoms with Gasteiger partial charge < -0.3 is 4.57 Å². The molecule has 0 bridgehead atoms. The van der Waals surface area contributed by atoms with Gasteiger partial charge in [-0.2, -0.15) is 0 Å². The van der Waals surface area contributed by atoms with Crippen LogP contribution >= 0.6 is 0 Å². The number of hydrogen-bond donors (Lipinski definition) is 0. The molecular weight excluding hydrogens is 160 g/mol. The Bertz CT molecular complexity index is 347. The van der Waals surface area contributed by atoms with Crippen LogP contribution in [0.15, 0.2) is 11.9 Å². The highest BCUT2D eigenvalue weighted by molar-refractivity contribution is 5.52. The van der Waals surface area contributed by atoms with E-state index in [0.29, 0.717) is 0 Å². The first-order valence-electron chi connectivity index (χ1n) is 4.84. The van der Waals surface area contributed by atoms with Crippen LogP contribution in [-0.4, -0.2) is 9.55 Å². The van der Waals surface area contributed by atoms with Crippen molar-refractivity contribution in [1.29, 1.82) is 0 Å². The number of aromatic nitrogens is 2. The zero-order valence-corrected chi connectivity index (χ0v) is 8.54. The molecule has 1 aliphatic carbocycles. The predicted molar refractivity (Wildman–Crippen MR) is 54.3 cm³/mol. The topological polar surface area (TPSA) is 17.8 Å². The van der Waals surface area contributed by atoms with Crippen molar-refractivity contribution in [3.63, 3.8) is 0 Å². The molecule has 1 aromatic rings. The average Bonchev–Trinajstić information content (AvgIpc) is 2.32. The number of allylic oxidation sites excluding steroid dienone is 1. The van der Waals surface area contributed by atoms with E-state index in [1.807, 2.05) is 6.33 Å². The quantitative estimate of drug-likeness (QED) is 0.593. The number of nitrogens with zero attached hydrogens (tertiary/aromatic N) is 2. The lowest BCUT2D eigenvalue weighted by Crippen LogP contribution is -1.99. The Kier molecular flexibility index (Phi) is 1.98. The molecule has 1 heterocycles. The van der Waals surface area contributed by atoms with Crippen LogP contribution in [-0.2, 0) is 13.5 Å². The molecule has 70 valence electrons. The van der Waals surface area contributed by atoms with Crippen LogP contribution in [0.5, 0.6) is 0 Å². The first-order chi connectivity index (χ1) is 6.16. The summed E-state index contributed by atoms with van der Waals surface area (Å²) in [4.78, 5) is 4.42. The molecule has 0 saturated heterocycles. The van der Waals surface area contributed by atoms with Crippen molar-refractivity contribution in [1.82, 2.24) is 9.55 Å². The number of hydrogen-bond acceptors (Lipinski definition) is 1. The van der Waals surface area contributed by atoms with E-state index in [1.165, 1.54) is 23.4 Å². The smallest absolute Gasteiger partial charge is 0.0951 e. The summed E-state index contributed by atoms with van der Waals surface area (Å²) < 4.78 is 2.11. The summed E-state index contributed by atoms with van der Waals surface area (Å²) in [6, 6.07) is 0. The molecule has 2 nitrogen and oxygen atoms in total. The lowest BCUT2D eigenvalue weighted by molar-refractivity contribution is 0.573. The van der Waals surface area contributed by atoms with Crippen LogP contribution in [0.4, 0.5) is 0 Å². The minimum Gasteiger partial charge on any atom is -0.334 e. The number of aryl methyl sites for hydroxylation is 1. The molecule has 0 N–H and O–H groups in total. The molecular formula is C11H16N2. The van der Waals surface area contributed by atoms with Crippen molar-refractivity contribution in [2.45, 2.75) is 26.7 Å². The van der Waals surface area contributed by atoms with Gasteiger partial charge in [-0.1, -0.05) is 12.5 Å². The normalized spacial score (nSPS) is 22.1. The maximum atomic E-state index is 4.42. The zero-order chi connectivity index (χ0) is 9.42. The lowest BCUT2D eigenvalue weighted by Gasteiger charge is -2.05. The summed E-state index contributed by atoms with van der Waals surface area (Å²) in [5.74, 6) is 0.729. The second kappa shape index (κ2) is 3.02. The fourth-order valence-electron chi connectivity index (χ4n) is 2.07. The van der Waals surface area contributed by atoms with Gasteiger partial charge in [0, 0.05) is 7.05 Å². The second-order valence-corrected chi connectivity index (χ2v) is 4.19. The fraction of sp³-hybridized carbons (Fsp3) is 0.545. The number of rotatable bonds is 0. The lowest BCUT2D eigenvalue weighted by atomic mass is 10.0. The summed E-state index contributed by atoms with van der Waals surface area (Å²) in [6.07, 6.45) is 6.50. The summed E-state index contributed by atoms with van der Waals surface area (Å²) in [5, 5.41) is 0. The van der Waals surface area contributed by atoms with Crippen LogP contribution < -0.4 is 0 Å². The van der Waals surface area contributed by atoms with Crippen LogP contribution in [0.25, 0.3) is 6.08 Å². The molecule has 0 saturated carbocycles. The monoisotopic (exact) mass is 176 g/mol. The molecule has 0 aromatic carbocycles. The third-order valence-electron chi connectivity index (χ3n) is 2.66. The third-order valence-corrected chi connectivity index (χ3v) is 2.66. The fourth-order valence-corrected chi connectivity index (χ4v) is 2.07. The molecule has 0 radical (unpaired) electrons. The molecule has 2 rings (SSSR count). The van der Waals surface area contributed by atoms with E-state index in [1.54, 1.807) is 0 Å². The molecule has 1 atom stereocenters. The zero-order valence-electron chi connectivity index (χ0n) is 8.54. The molecule has 0 fully saturated rings. The van der Waals surface area contributed by atoms with Crippen molar-refractivity contribution in [3.05, 3.63) is 23.3 Å². The van der Waals surface area contributed by atoms with Gasteiger partial charge in [0.05, 0.1) is 17.7 Å². The van der Waals surface area contributed by atoms with Crippen LogP contribution in [0.1, 0.15) is 31.7 Å². The standard InChI is InChI=1S/C11H16N2/c1-8-4-9(2)6-11-10(5-8)12-7-13(11)3/h6-8H,4-5H2,1-3H3. The predicted octanol–water partition coefficient (Wildman–Crippen LogP) is 2.41. The summed E-state index contributed by atoms with van der Waals surface area (Å²) in [7, 11) is 2.06. The van der Waals surface area contributed by atoms with E-state index in [4.69, 9.17) is 0 Å². The Hall–Kier alpha value is -1.05. The Balaban J connectivity index is 2.48. The second-order valence-electron chi connectivity index (χ2n) is 4.19. The van der Waals surface area contributed by atoms with E-state index in [2.05, 4.69) is 36.5 Å². The van der Waals surface area contributed by atoms with Gasteiger partial charge in [0.15, 0.2) is 0 Å². The molecule has 1 aromatic heterocycles. The van der Waals surface area contributed by atoms with E-state index >= 15 is 0 Å². The SMILES string of the molecule is CC1=Cc2c(ncn2C)CC(C)C1. The first-order valence-corrected chi connectivity index (χ1v) is 4.84. The van der Waals surface area contributed by atoms with Gasteiger partial charge >= 0.3 is 0 Å². The molecule has 13 heavy (non-hydrogen) atoms. The Morgan fingerprint density at radius 2 is 2.23 bits per heavy atom. The van der Waals surface area contributed by atoms with Gasteiger partial charge in [-0.15, -0.1) is 0 Å². The van der Waals surface area contributed by atoms with Crippen molar-refractivity contribution in [2.75, 3.05) is 0 Å². The summed E-state index contributed by atoms with van der Waals surface area (Å²) in [5.41, 5.74) is 4.02. The van der Waals surface area contributed by atoms with Crippen molar-refractivity contribution >= 4 is 6.08 Å². The summed E-state index contributed by atoms with van der Waals surface area (Å²) >= 11 is 0. The minimum atomic E-state index is 0.729. The maximum Gasteiger partial charge on any atom is 0.0951 e. The average molecular weight is 176 g/mol. The van der Waals surface area contributed by atoms with Gasteiger partial charge in [-0.05, 0) is 31.8 Å². The highest BCUT2D eigenvalue weighted by Crippen LogP contribution is 2.24. The Labute approximate surface area is 79.3 Å². The van der Waals surface area contributed by atoms with Gasteiger partial charge in [0.1, 0.15) is 0 Å². The highest BCUT2D eigenvalue weighted by Gasteiger charge is 2.15. The Morgan fingerprint density at radius 3 is 3.00 bits per heavy atom. The van der Waals surface area contributed by atoms with Gasteiger partial charge in [0.25, 0.3) is 0 Å². The molecule has 0 spiro atoms. The largest absolute Gasteiger partial charge is 0.334 e. The van der Waals surface area contributed by atoms with E-state index in [-0.39, 0.29) is 0 Å². The van der Waals surface area contributed by atoms with Crippen molar-refractivity contribution in [3.8, 4) is 0 Å². The van der Waals surface area contributed by atoms with Crippen LogP contribution in [0.3, 0.4) is 0 Å². The molecule has 1 aliphatic rings. The highest BCUT2D eigenvalue weighted by atomic mass is 15.0.